The number of para-hydroxylation sites is 1. The molecule has 0 radical (unpaired) electrons. The highest BCUT2D eigenvalue weighted by molar-refractivity contribution is 7.99. The molecule has 1 heterocycles. The van der Waals surface area contributed by atoms with E-state index in [4.69, 9.17) is 11.6 Å². The average Bonchev–Trinajstić information content (AvgIpc) is 2.47. The highest BCUT2D eigenvalue weighted by Gasteiger charge is 2.34. The summed E-state index contributed by atoms with van der Waals surface area (Å²) in [7, 11) is 0. The zero-order valence-corrected chi connectivity index (χ0v) is 13.5. The van der Waals surface area contributed by atoms with Crippen LogP contribution < -0.4 is 5.32 Å². The van der Waals surface area contributed by atoms with E-state index < -0.39 is 23.3 Å². The first-order valence-electron chi connectivity index (χ1n) is 6.48. The van der Waals surface area contributed by atoms with Gasteiger partial charge in [-0.05, 0) is 30.7 Å². The molecule has 0 fully saturated rings. The molecule has 2 aromatic rings. The summed E-state index contributed by atoms with van der Waals surface area (Å²) in [6, 6.07) is 6.93. The quantitative estimate of drug-likeness (QED) is 0.797. The van der Waals surface area contributed by atoms with Gasteiger partial charge in [-0.25, -0.2) is 4.98 Å². The second-order valence-corrected chi connectivity index (χ2v) is 6.07. The molecule has 0 spiro atoms. The van der Waals surface area contributed by atoms with E-state index in [0.29, 0.717) is 5.03 Å². The normalized spacial score (nSPS) is 11.3. The van der Waals surface area contributed by atoms with Crippen molar-refractivity contribution in [3.63, 3.8) is 0 Å². The molecule has 0 saturated carbocycles. The number of carbonyl (C=O) groups excluding carboxylic acids is 1. The molecule has 8 heteroatoms. The van der Waals surface area contributed by atoms with Crippen molar-refractivity contribution in [2.45, 2.75) is 18.1 Å². The number of halogens is 4. The molecule has 1 N–H and O–H groups in total. The summed E-state index contributed by atoms with van der Waals surface area (Å²) in [4.78, 5) is 16.0. The maximum absolute atomic E-state index is 12.9. The molecule has 1 aromatic carbocycles. The minimum atomic E-state index is -4.60. The first-order chi connectivity index (χ1) is 10.8. The predicted molar refractivity (Wildman–Crippen MR) is 84.8 cm³/mol. The number of nitrogens with one attached hydrogen (secondary N) is 1. The van der Waals surface area contributed by atoms with Crippen LogP contribution in [-0.4, -0.2) is 16.6 Å². The van der Waals surface area contributed by atoms with Crippen LogP contribution in [0.4, 0.5) is 18.9 Å². The summed E-state index contributed by atoms with van der Waals surface area (Å²) in [5, 5.41) is 2.68. The Labute approximate surface area is 140 Å². The topological polar surface area (TPSA) is 42.0 Å². The molecule has 2 rings (SSSR count). The number of anilines is 1. The number of aryl methyl sites for hydroxylation is 1. The molecule has 3 nitrogen and oxygen atoms in total. The monoisotopic (exact) mass is 360 g/mol. The number of benzene rings is 1. The summed E-state index contributed by atoms with van der Waals surface area (Å²) in [6.07, 6.45) is -2.95. The van der Waals surface area contributed by atoms with Crippen molar-refractivity contribution in [2.24, 2.45) is 0 Å². The fraction of sp³-hybridized carbons (Fsp3) is 0.200. The fourth-order valence-corrected chi connectivity index (χ4v) is 2.61. The van der Waals surface area contributed by atoms with Crippen LogP contribution in [0.25, 0.3) is 0 Å². The van der Waals surface area contributed by atoms with E-state index in [1.807, 2.05) is 13.0 Å². The molecule has 0 unspecified atom stereocenters. The molecule has 23 heavy (non-hydrogen) atoms. The van der Waals surface area contributed by atoms with Crippen LogP contribution in [0.3, 0.4) is 0 Å². The van der Waals surface area contributed by atoms with Gasteiger partial charge in [0.25, 0.3) is 0 Å². The van der Waals surface area contributed by atoms with Gasteiger partial charge >= 0.3 is 6.18 Å². The smallest absolute Gasteiger partial charge is 0.324 e. The van der Waals surface area contributed by atoms with Crippen LogP contribution in [0.5, 0.6) is 0 Å². The SMILES string of the molecule is Cc1ccc(SCC(=O)Nc2c(Cl)cccc2C(F)(F)F)nc1. The van der Waals surface area contributed by atoms with Gasteiger partial charge in [-0.3, -0.25) is 4.79 Å². The van der Waals surface area contributed by atoms with Crippen molar-refractivity contribution in [1.82, 2.24) is 4.98 Å². The lowest BCUT2D eigenvalue weighted by Gasteiger charge is -2.15. The molecule has 1 aromatic heterocycles. The Balaban J connectivity index is 2.07. The minimum absolute atomic E-state index is 0.0709. The number of pyridine rings is 1. The van der Waals surface area contributed by atoms with Crippen molar-refractivity contribution < 1.29 is 18.0 Å². The summed E-state index contributed by atoms with van der Waals surface area (Å²) < 4.78 is 38.8. The summed E-state index contributed by atoms with van der Waals surface area (Å²) in [5.41, 5.74) is -0.425. The number of aromatic nitrogens is 1. The second kappa shape index (κ2) is 7.23. The zero-order chi connectivity index (χ0) is 17.0. The molecule has 0 saturated heterocycles. The Kier molecular flexibility index (Phi) is 5.54. The van der Waals surface area contributed by atoms with Gasteiger partial charge < -0.3 is 5.32 Å². The lowest BCUT2D eigenvalue weighted by atomic mass is 10.1. The number of rotatable bonds is 4. The lowest BCUT2D eigenvalue weighted by Crippen LogP contribution is -2.18. The minimum Gasteiger partial charge on any atom is -0.324 e. The molecule has 0 aliphatic rings. The Bertz CT molecular complexity index is 705. The first-order valence-corrected chi connectivity index (χ1v) is 7.85. The van der Waals surface area contributed by atoms with E-state index in [1.54, 1.807) is 12.3 Å². The molecule has 122 valence electrons. The molecule has 1 amide bonds. The Morgan fingerprint density at radius 3 is 2.65 bits per heavy atom. The van der Waals surface area contributed by atoms with Crippen LogP contribution in [0.2, 0.25) is 5.02 Å². The van der Waals surface area contributed by atoms with Gasteiger partial charge in [0.15, 0.2) is 0 Å². The fourth-order valence-electron chi connectivity index (χ4n) is 1.74. The summed E-state index contributed by atoms with van der Waals surface area (Å²) >= 11 is 6.91. The van der Waals surface area contributed by atoms with Crippen LogP contribution in [0, 0.1) is 6.92 Å². The third-order valence-corrected chi connectivity index (χ3v) is 4.08. The zero-order valence-electron chi connectivity index (χ0n) is 11.9. The number of alkyl halides is 3. The molecule has 0 atom stereocenters. The number of hydrogen-bond acceptors (Lipinski definition) is 3. The van der Waals surface area contributed by atoms with Gasteiger partial charge in [0, 0.05) is 6.20 Å². The lowest BCUT2D eigenvalue weighted by molar-refractivity contribution is -0.137. The number of carbonyl (C=O) groups is 1. The largest absolute Gasteiger partial charge is 0.418 e. The number of nitrogens with zero attached hydrogens (tertiary/aromatic N) is 1. The third kappa shape index (κ3) is 4.87. The predicted octanol–water partition coefficient (Wildman–Crippen LogP) is 4.79. The van der Waals surface area contributed by atoms with Gasteiger partial charge in [0.05, 0.1) is 27.1 Å². The van der Waals surface area contributed by atoms with Gasteiger partial charge in [-0.15, -0.1) is 0 Å². The molecule has 0 bridgehead atoms. The van der Waals surface area contributed by atoms with Gasteiger partial charge in [0.2, 0.25) is 5.91 Å². The highest BCUT2D eigenvalue weighted by atomic mass is 35.5. The summed E-state index contributed by atoms with van der Waals surface area (Å²) in [6.45, 7) is 1.88. The van der Waals surface area contributed by atoms with Crippen molar-refractivity contribution in [3.05, 3.63) is 52.7 Å². The maximum atomic E-state index is 12.9. The first kappa shape index (κ1) is 17.6. The van der Waals surface area contributed by atoms with Gasteiger partial charge in [-0.2, -0.15) is 13.2 Å². The van der Waals surface area contributed by atoms with E-state index in [0.717, 1.165) is 23.4 Å². The Hall–Kier alpha value is -1.73. The second-order valence-electron chi connectivity index (χ2n) is 4.67. The van der Waals surface area contributed by atoms with E-state index in [-0.39, 0.29) is 10.8 Å². The maximum Gasteiger partial charge on any atom is 0.418 e. The van der Waals surface area contributed by atoms with Gasteiger partial charge in [-0.1, -0.05) is 35.5 Å². The molecule has 0 aliphatic heterocycles. The average molecular weight is 361 g/mol. The Morgan fingerprint density at radius 2 is 2.04 bits per heavy atom. The number of amides is 1. The van der Waals surface area contributed by atoms with Crippen molar-refractivity contribution in [2.75, 3.05) is 11.1 Å². The van der Waals surface area contributed by atoms with E-state index in [9.17, 15) is 18.0 Å². The molecule has 0 aliphatic carbocycles. The van der Waals surface area contributed by atoms with Crippen LogP contribution >= 0.6 is 23.4 Å². The number of thioether (sulfide) groups is 1. The summed E-state index contributed by atoms with van der Waals surface area (Å²) in [5.74, 6) is -0.658. The van der Waals surface area contributed by atoms with Gasteiger partial charge in [0.1, 0.15) is 0 Å². The van der Waals surface area contributed by atoms with Crippen LogP contribution in [-0.2, 0) is 11.0 Å². The van der Waals surface area contributed by atoms with E-state index >= 15 is 0 Å². The van der Waals surface area contributed by atoms with E-state index in [2.05, 4.69) is 10.3 Å². The van der Waals surface area contributed by atoms with Crippen molar-refractivity contribution in [1.29, 1.82) is 0 Å². The number of hydrogen-bond donors (Lipinski definition) is 1. The van der Waals surface area contributed by atoms with Crippen LogP contribution in [0.1, 0.15) is 11.1 Å². The molecular weight excluding hydrogens is 349 g/mol. The van der Waals surface area contributed by atoms with Crippen molar-refractivity contribution in [3.8, 4) is 0 Å². The standard InChI is InChI=1S/C15H12ClF3N2OS/c1-9-5-6-13(20-7-9)23-8-12(22)21-14-10(15(17,18)19)3-2-4-11(14)16/h2-7H,8H2,1H3,(H,21,22). The van der Waals surface area contributed by atoms with Crippen molar-refractivity contribution >= 4 is 35.0 Å². The molecular formula is C15H12ClF3N2OS. The highest BCUT2D eigenvalue weighted by Crippen LogP contribution is 2.38. The third-order valence-electron chi connectivity index (χ3n) is 2.82. The van der Waals surface area contributed by atoms with E-state index in [1.165, 1.54) is 12.1 Å². The Morgan fingerprint density at radius 1 is 1.30 bits per heavy atom. The van der Waals surface area contributed by atoms with Crippen LogP contribution in [0.15, 0.2) is 41.6 Å².